The quantitative estimate of drug-likeness (QED) is 0.672. The van der Waals surface area contributed by atoms with Crippen LogP contribution in [0.15, 0.2) is 30.7 Å². The molecular weight excluding hydrogens is 325 g/mol. The van der Waals surface area contributed by atoms with Crippen molar-refractivity contribution in [2.24, 2.45) is 7.05 Å². The Kier molecular flexibility index (Phi) is 5.06. The molecule has 25 heavy (non-hydrogen) atoms. The minimum Gasteiger partial charge on any atom is -0.344 e. The largest absolute Gasteiger partial charge is 0.344 e. The first-order valence-corrected chi connectivity index (χ1v) is 8.22. The zero-order valence-corrected chi connectivity index (χ0v) is 14.0. The maximum absolute atomic E-state index is 13.1. The third-order valence-corrected chi connectivity index (χ3v) is 4.31. The Labute approximate surface area is 144 Å². The summed E-state index contributed by atoms with van der Waals surface area (Å²) in [6.07, 6.45) is 7.59. The van der Waals surface area contributed by atoms with Crippen LogP contribution in [0.4, 0.5) is 4.39 Å². The van der Waals surface area contributed by atoms with E-state index in [0.717, 1.165) is 24.8 Å². The van der Waals surface area contributed by atoms with Gasteiger partial charge >= 0.3 is 11.8 Å². The summed E-state index contributed by atoms with van der Waals surface area (Å²) in [6, 6.07) is 2.68. The highest BCUT2D eigenvalue weighted by atomic mass is 19.1. The van der Waals surface area contributed by atoms with Crippen molar-refractivity contribution in [3.8, 4) is 0 Å². The highest BCUT2D eigenvalue weighted by Gasteiger charge is 2.32. The minimum absolute atomic E-state index is 0.0788. The number of rotatable bonds is 3. The second-order valence-electron chi connectivity index (χ2n) is 6.13. The van der Waals surface area contributed by atoms with Crippen LogP contribution < -0.4 is 5.32 Å². The van der Waals surface area contributed by atoms with Crippen molar-refractivity contribution in [2.75, 3.05) is 6.54 Å². The fourth-order valence-corrected chi connectivity index (χ4v) is 3.07. The van der Waals surface area contributed by atoms with Crippen molar-refractivity contribution in [1.29, 1.82) is 0 Å². The zero-order valence-electron chi connectivity index (χ0n) is 14.0. The Bertz CT molecular complexity index is 776. The Morgan fingerprint density at radius 2 is 2.24 bits per heavy atom. The molecule has 132 valence electrons. The first-order chi connectivity index (χ1) is 12.0. The van der Waals surface area contributed by atoms with Crippen LogP contribution >= 0.6 is 0 Å². The number of hydrogen-bond donors (Lipinski definition) is 1. The molecule has 0 radical (unpaired) electrons. The molecule has 1 saturated heterocycles. The number of carbonyl (C=O) groups is 2. The lowest BCUT2D eigenvalue weighted by Crippen LogP contribution is -2.46. The number of pyridine rings is 1. The molecule has 2 aromatic heterocycles. The highest BCUT2D eigenvalue weighted by Crippen LogP contribution is 2.30. The van der Waals surface area contributed by atoms with Gasteiger partial charge < -0.3 is 10.2 Å². The van der Waals surface area contributed by atoms with Gasteiger partial charge in [-0.3, -0.25) is 14.3 Å². The van der Waals surface area contributed by atoms with Crippen LogP contribution in [0, 0.1) is 5.95 Å². The van der Waals surface area contributed by atoms with Crippen LogP contribution in [0.5, 0.6) is 0 Å². The van der Waals surface area contributed by atoms with Crippen molar-refractivity contribution < 1.29 is 14.0 Å². The van der Waals surface area contributed by atoms with E-state index in [1.807, 2.05) is 13.2 Å². The Balaban J connectivity index is 1.66. The van der Waals surface area contributed by atoms with E-state index >= 15 is 0 Å². The molecule has 2 amide bonds. The van der Waals surface area contributed by atoms with E-state index in [2.05, 4.69) is 15.4 Å². The molecule has 8 heteroatoms. The maximum atomic E-state index is 13.1. The number of aryl methyl sites for hydroxylation is 1. The van der Waals surface area contributed by atoms with E-state index in [0.29, 0.717) is 12.1 Å². The summed E-state index contributed by atoms with van der Waals surface area (Å²) in [5, 5.41) is 6.71. The zero-order chi connectivity index (χ0) is 17.8. The van der Waals surface area contributed by atoms with Crippen molar-refractivity contribution in [1.82, 2.24) is 25.0 Å². The summed E-state index contributed by atoms with van der Waals surface area (Å²) in [7, 11) is 1.82. The van der Waals surface area contributed by atoms with Crippen molar-refractivity contribution in [3.63, 3.8) is 0 Å². The molecule has 0 aliphatic carbocycles. The smallest absolute Gasteiger partial charge is 0.312 e. The number of hydrogen-bond acceptors (Lipinski definition) is 4. The van der Waals surface area contributed by atoms with Gasteiger partial charge in [-0.15, -0.1) is 0 Å². The molecule has 1 aliphatic rings. The molecule has 3 heterocycles. The normalized spacial score (nSPS) is 17.4. The van der Waals surface area contributed by atoms with Gasteiger partial charge in [0.1, 0.15) is 0 Å². The van der Waals surface area contributed by atoms with E-state index in [9.17, 15) is 14.0 Å². The van der Waals surface area contributed by atoms with Crippen molar-refractivity contribution in [2.45, 2.75) is 31.8 Å². The SMILES string of the molecule is Cn1cc(C2CCCCN2C(=O)C(=O)NCc2ccnc(F)c2)cn1. The summed E-state index contributed by atoms with van der Waals surface area (Å²) >= 11 is 0. The average molecular weight is 345 g/mol. The molecule has 0 spiro atoms. The number of aromatic nitrogens is 3. The van der Waals surface area contributed by atoms with Crippen molar-refractivity contribution >= 4 is 11.8 Å². The lowest BCUT2D eigenvalue weighted by atomic mass is 9.97. The summed E-state index contributed by atoms with van der Waals surface area (Å²) in [4.78, 5) is 29.9. The fourth-order valence-electron chi connectivity index (χ4n) is 3.07. The van der Waals surface area contributed by atoms with E-state index in [1.54, 1.807) is 21.8 Å². The van der Waals surface area contributed by atoms with Gasteiger partial charge in [-0.1, -0.05) is 0 Å². The fraction of sp³-hybridized carbons (Fsp3) is 0.412. The Morgan fingerprint density at radius 1 is 1.40 bits per heavy atom. The molecule has 0 saturated carbocycles. The van der Waals surface area contributed by atoms with E-state index in [4.69, 9.17) is 0 Å². The molecule has 2 aromatic rings. The number of halogens is 1. The van der Waals surface area contributed by atoms with Crippen molar-refractivity contribution in [3.05, 3.63) is 47.8 Å². The molecule has 7 nitrogen and oxygen atoms in total. The van der Waals surface area contributed by atoms with Gasteiger partial charge in [-0.05, 0) is 37.0 Å². The topological polar surface area (TPSA) is 80.1 Å². The van der Waals surface area contributed by atoms with Crippen LogP contribution in [0.25, 0.3) is 0 Å². The number of piperidine rings is 1. The van der Waals surface area contributed by atoms with E-state index in [1.165, 1.54) is 12.3 Å². The van der Waals surface area contributed by atoms with Gasteiger partial charge in [0.2, 0.25) is 5.95 Å². The minimum atomic E-state index is -0.687. The lowest BCUT2D eigenvalue weighted by Gasteiger charge is -2.34. The standard InChI is InChI=1S/C17H20FN5O2/c1-22-11-13(10-21-22)14-4-2-3-7-23(14)17(25)16(24)20-9-12-5-6-19-15(18)8-12/h5-6,8,10-11,14H,2-4,7,9H2,1H3,(H,20,24). The molecule has 1 unspecified atom stereocenters. The number of nitrogens with one attached hydrogen (secondary N) is 1. The average Bonchev–Trinajstić information content (AvgIpc) is 3.05. The molecule has 3 rings (SSSR count). The molecule has 1 N–H and O–H groups in total. The number of likely N-dealkylation sites (tertiary alicyclic amines) is 1. The maximum Gasteiger partial charge on any atom is 0.312 e. The van der Waals surface area contributed by atoms with Gasteiger partial charge in [0.15, 0.2) is 0 Å². The number of nitrogens with zero attached hydrogens (tertiary/aromatic N) is 4. The summed E-state index contributed by atoms with van der Waals surface area (Å²) in [6.45, 7) is 0.616. The molecule has 1 aliphatic heterocycles. The highest BCUT2D eigenvalue weighted by molar-refractivity contribution is 6.35. The predicted molar refractivity (Wildman–Crippen MR) is 87.6 cm³/mol. The van der Waals surface area contributed by atoms with Gasteiger partial charge in [-0.2, -0.15) is 9.49 Å². The summed E-state index contributed by atoms with van der Waals surface area (Å²) < 4.78 is 14.8. The first-order valence-electron chi connectivity index (χ1n) is 8.22. The van der Waals surface area contributed by atoms with Crippen LogP contribution in [0.2, 0.25) is 0 Å². The number of amides is 2. The summed E-state index contributed by atoms with van der Waals surface area (Å²) in [5.74, 6) is -1.87. The monoisotopic (exact) mass is 345 g/mol. The molecule has 0 bridgehead atoms. The van der Waals surface area contributed by atoms with Crippen LogP contribution in [-0.4, -0.2) is 38.0 Å². The molecular formula is C17H20FN5O2. The molecule has 1 fully saturated rings. The van der Waals surface area contributed by atoms with Gasteiger partial charge in [0.25, 0.3) is 0 Å². The second kappa shape index (κ2) is 7.42. The molecule has 0 aromatic carbocycles. The second-order valence-corrected chi connectivity index (χ2v) is 6.13. The first kappa shape index (κ1) is 17.1. The van der Waals surface area contributed by atoms with Gasteiger partial charge in [-0.25, -0.2) is 4.98 Å². The van der Waals surface area contributed by atoms with E-state index < -0.39 is 17.8 Å². The summed E-state index contributed by atoms with van der Waals surface area (Å²) in [5.41, 5.74) is 1.48. The van der Waals surface area contributed by atoms with Crippen LogP contribution in [-0.2, 0) is 23.2 Å². The molecule has 1 atom stereocenters. The van der Waals surface area contributed by atoms with Crippen LogP contribution in [0.1, 0.15) is 36.4 Å². The van der Waals surface area contributed by atoms with E-state index in [-0.39, 0.29) is 12.6 Å². The predicted octanol–water partition coefficient (Wildman–Crippen LogP) is 1.32. The third-order valence-electron chi connectivity index (χ3n) is 4.31. The Hall–Kier alpha value is -2.77. The van der Waals surface area contributed by atoms with Crippen LogP contribution in [0.3, 0.4) is 0 Å². The Morgan fingerprint density at radius 3 is 2.96 bits per heavy atom. The van der Waals surface area contributed by atoms with Gasteiger partial charge in [0, 0.05) is 38.1 Å². The number of carbonyl (C=O) groups excluding carboxylic acids is 2. The van der Waals surface area contributed by atoms with Gasteiger partial charge in [0.05, 0.1) is 12.2 Å². The third kappa shape index (κ3) is 4.01. The lowest BCUT2D eigenvalue weighted by molar-refractivity contribution is -0.148.